The molecule has 80 valence electrons. The minimum atomic E-state index is -1.87. The van der Waals surface area contributed by atoms with Crippen molar-refractivity contribution in [2.24, 2.45) is 0 Å². The molecule has 0 aliphatic carbocycles. The van der Waals surface area contributed by atoms with Crippen molar-refractivity contribution < 1.29 is 24.2 Å². The SMILES string of the molecule is COC(=O)c1ccc(OB(O)O)cc1C. The van der Waals surface area contributed by atoms with Gasteiger partial charge in [-0.25, -0.2) is 4.79 Å². The van der Waals surface area contributed by atoms with Crippen molar-refractivity contribution in [3.8, 4) is 5.75 Å². The van der Waals surface area contributed by atoms with Crippen LogP contribution in [-0.2, 0) is 4.74 Å². The van der Waals surface area contributed by atoms with E-state index >= 15 is 0 Å². The summed E-state index contributed by atoms with van der Waals surface area (Å²) in [5.74, 6) is -0.168. The fourth-order valence-electron chi connectivity index (χ4n) is 1.17. The molecular weight excluding hydrogens is 199 g/mol. The van der Waals surface area contributed by atoms with Crippen LogP contribution in [0.4, 0.5) is 0 Å². The number of benzene rings is 1. The number of esters is 1. The van der Waals surface area contributed by atoms with E-state index in [1.165, 1.54) is 25.3 Å². The maximum Gasteiger partial charge on any atom is 0.707 e. The largest absolute Gasteiger partial charge is 0.707 e. The Balaban J connectivity index is 2.93. The minimum Gasteiger partial charge on any atom is -0.512 e. The molecule has 0 heterocycles. The summed E-state index contributed by atoms with van der Waals surface area (Å²) in [5, 5.41) is 17.1. The van der Waals surface area contributed by atoms with Gasteiger partial charge in [0, 0.05) is 0 Å². The molecule has 0 spiro atoms. The van der Waals surface area contributed by atoms with Gasteiger partial charge in [-0.05, 0) is 30.7 Å². The lowest BCUT2D eigenvalue weighted by atomic mass is 10.1. The zero-order valence-corrected chi connectivity index (χ0v) is 8.43. The van der Waals surface area contributed by atoms with Gasteiger partial charge in [0.15, 0.2) is 0 Å². The van der Waals surface area contributed by atoms with Gasteiger partial charge >= 0.3 is 13.3 Å². The molecule has 0 saturated carbocycles. The summed E-state index contributed by atoms with van der Waals surface area (Å²) >= 11 is 0. The lowest BCUT2D eigenvalue weighted by Gasteiger charge is -2.08. The summed E-state index contributed by atoms with van der Waals surface area (Å²) in [4.78, 5) is 11.2. The molecule has 15 heavy (non-hydrogen) atoms. The third-order valence-corrected chi connectivity index (χ3v) is 1.84. The van der Waals surface area contributed by atoms with E-state index in [0.717, 1.165) is 0 Å². The number of methoxy groups -OCH3 is 1. The lowest BCUT2D eigenvalue weighted by Crippen LogP contribution is -2.20. The van der Waals surface area contributed by atoms with Crippen LogP contribution in [-0.4, -0.2) is 30.4 Å². The van der Waals surface area contributed by atoms with Crippen LogP contribution in [0.3, 0.4) is 0 Å². The maximum absolute atomic E-state index is 11.2. The second-order valence-corrected chi connectivity index (χ2v) is 2.91. The molecule has 0 atom stereocenters. The Morgan fingerprint density at radius 1 is 1.40 bits per heavy atom. The summed E-state index contributed by atoms with van der Waals surface area (Å²) in [6.07, 6.45) is 0. The highest BCUT2D eigenvalue weighted by Crippen LogP contribution is 2.17. The Morgan fingerprint density at radius 3 is 2.53 bits per heavy atom. The van der Waals surface area contributed by atoms with Crippen LogP contribution in [0.1, 0.15) is 15.9 Å². The van der Waals surface area contributed by atoms with Crippen molar-refractivity contribution >= 4 is 13.3 Å². The Morgan fingerprint density at radius 2 is 2.07 bits per heavy atom. The second kappa shape index (κ2) is 4.81. The number of carbonyl (C=O) groups excluding carboxylic acids is 1. The van der Waals surface area contributed by atoms with Crippen molar-refractivity contribution in [2.45, 2.75) is 6.92 Å². The Bertz CT molecular complexity index is 364. The van der Waals surface area contributed by atoms with Gasteiger partial charge in [0.25, 0.3) is 0 Å². The maximum atomic E-state index is 11.2. The molecule has 2 N–H and O–H groups in total. The highest BCUT2D eigenvalue weighted by atomic mass is 16.6. The monoisotopic (exact) mass is 210 g/mol. The lowest BCUT2D eigenvalue weighted by molar-refractivity contribution is 0.0600. The molecule has 0 unspecified atom stereocenters. The average molecular weight is 210 g/mol. The van der Waals surface area contributed by atoms with Gasteiger partial charge in [-0.1, -0.05) is 0 Å². The molecule has 0 bridgehead atoms. The van der Waals surface area contributed by atoms with E-state index in [0.29, 0.717) is 11.1 Å². The molecule has 0 radical (unpaired) electrons. The van der Waals surface area contributed by atoms with Crippen LogP contribution >= 0.6 is 0 Å². The fourth-order valence-corrected chi connectivity index (χ4v) is 1.17. The zero-order valence-electron chi connectivity index (χ0n) is 8.43. The van der Waals surface area contributed by atoms with Crippen molar-refractivity contribution in [1.29, 1.82) is 0 Å². The predicted molar refractivity (Wildman–Crippen MR) is 53.3 cm³/mol. The van der Waals surface area contributed by atoms with E-state index in [1.54, 1.807) is 6.92 Å². The van der Waals surface area contributed by atoms with E-state index in [4.69, 9.17) is 10.0 Å². The minimum absolute atomic E-state index is 0.273. The first-order chi connectivity index (χ1) is 7.04. The topological polar surface area (TPSA) is 76.0 Å². The van der Waals surface area contributed by atoms with Crippen LogP contribution in [0.25, 0.3) is 0 Å². The Hall–Kier alpha value is -1.53. The number of ether oxygens (including phenoxy) is 1. The van der Waals surface area contributed by atoms with Crippen LogP contribution in [0.5, 0.6) is 5.75 Å². The summed E-state index contributed by atoms with van der Waals surface area (Å²) in [7, 11) is -0.572. The van der Waals surface area contributed by atoms with Gasteiger partial charge in [-0.15, -0.1) is 0 Å². The first kappa shape index (κ1) is 11.5. The summed E-state index contributed by atoms with van der Waals surface area (Å²) in [6, 6.07) is 4.48. The van der Waals surface area contributed by atoms with Crippen LogP contribution in [0.15, 0.2) is 18.2 Å². The standard InChI is InChI=1S/C9H11BO5/c1-6-5-7(15-10(12)13)3-4-8(6)9(11)14-2/h3-5,12-13H,1-2H3. The zero-order chi connectivity index (χ0) is 11.4. The summed E-state index contributed by atoms with van der Waals surface area (Å²) in [5.41, 5.74) is 1.05. The normalized spacial score (nSPS) is 9.60. The van der Waals surface area contributed by atoms with E-state index < -0.39 is 13.3 Å². The Kier molecular flexibility index (Phi) is 3.71. The molecule has 0 aliphatic rings. The first-order valence-electron chi connectivity index (χ1n) is 4.26. The van der Waals surface area contributed by atoms with Crippen molar-refractivity contribution in [1.82, 2.24) is 0 Å². The first-order valence-corrected chi connectivity index (χ1v) is 4.26. The molecule has 0 aromatic heterocycles. The highest BCUT2D eigenvalue weighted by Gasteiger charge is 2.14. The number of hydrogen-bond donors (Lipinski definition) is 2. The number of aryl methyl sites for hydroxylation is 1. The molecular formula is C9H11BO5. The third-order valence-electron chi connectivity index (χ3n) is 1.84. The number of carbonyl (C=O) groups is 1. The van der Waals surface area contributed by atoms with Gasteiger partial charge in [0.05, 0.1) is 12.7 Å². The predicted octanol–water partition coefficient (Wildman–Crippen LogP) is 0.130. The summed E-state index contributed by atoms with van der Waals surface area (Å²) in [6.45, 7) is 1.70. The van der Waals surface area contributed by atoms with Crippen molar-refractivity contribution in [3.63, 3.8) is 0 Å². The molecule has 1 rings (SSSR count). The fraction of sp³-hybridized carbons (Fsp3) is 0.222. The summed E-state index contributed by atoms with van der Waals surface area (Å²) < 4.78 is 9.18. The molecule has 1 aromatic carbocycles. The highest BCUT2D eigenvalue weighted by molar-refractivity contribution is 6.33. The molecule has 1 aromatic rings. The van der Waals surface area contributed by atoms with Gasteiger partial charge in [0.1, 0.15) is 5.75 Å². The van der Waals surface area contributed by atoms with Gasteiger partial charge < -0.3 is 19.4 Å². The third kappa shape index (κ3) is 2.97. The van der Waals surface area contributed by atoms with Crippen molar-refractivity contribution in [2.75, 3.05) is 7.11 Å². The van der Waals surface area contributed by atoms with Gasteiger partial charge in [-0.2, -0.15) is 0 Å². The molecule has 0 aliphatic heterocycles. The smallest absolute Gasteiger partial charge is 0.512 e. The molecule has 0 saturated heterocycles. The van der Waals surface area contributed by atoms with E-state index in [-0.39, 0.29) is 5.75 Å². The van der Waals surface area contributed by atoms with Gasteiger partial charge in [-0.3, -0.25) is 0 Å². The van der Waals surface area contributed by atoms with E-state index in [1.807, 2.05) is 0 Å². The van der Waals surface area contributed by atoms with Crippen LogP contribution in [0, 0.1) is 6.92 Å². The molecule has 0 fully saturated rings. The average Bonchev–Trinajstić information content (AvgIpc) is 2.16. The molecule has 5 nitrogen and oxygen atoms in total. The van der Waals surface area contributed by atoms with E-state index in [9.17, 15) is 4.79 Å². The van der Waals surface area contributed by atoms with E-state index in [2.05, 4.69) is 9.39 Å². The quantitative estimate of drug-likeness (QED) is 0.547. The Labute approximate surface area is 87.4 Å². The van der Waals surface area contributed by atoms with Crippen LogP contribution in [0.2, 0.25) is 0 Å². The molecule has 6 heteroatoms. The van der Waals surface area contributed by atoms with Crippen molar-refractivity contribution in [3.05, 3.63) is 29.3 Å². The number of rotatable bonds is 3. The number of hydrogen-bond acceptors (Lipinski definition) is 5. The second-order valence-electron chi connectivity index (χ2n) is 2.91. The molecule has 0 amide bonds. The van der Waals surface area contributed by atoms with Gasteiger partial charge in [0.2, 0.25) is 0 Å². The van der Waals surface area contributed by atoms with Crippen LogP contribution < -0.4 is 4.65 Å².